The third-order valence-corrected chi connectivity index (χ3v) is 5.60. The normalized spacial score (nSPS) is 13.1. The largest absolute Gasteiger partial charge is 0.449 e. The Labute approximate surface area is 204 Å². The molecule has 0 aliphatic carbocycles. The summed E-state index contributed by atoms with van der Waals surface area (Å²) in [4.78, 5) is 22.0. The molecule has 2 N–H and O–H groups in total. The summed E-state index contributed by atoms with van der Waals surface area (Å²) in [7, 11) is 1.66. The molecule has 1 amide bonds. The summed E-state index contributed by atoms with van der Waals surface area (Å²) in [6.45, 7) is 1.93. The van der Waals surface area contributed by atoms with E-state index in [9.17, 15) is 9.18 Å². The van der Waals surface area contributed by atoms with Gasteiger partial charge in [0.15, 0.2) is 5.82 Å². The summed E-state index contributed by atoms with van der Waals surface area (Å²) in [5.41, 5.74) is 2.84. The number of cyclic esters (lactones) is 1. The molecule has 178 valence electrons. The molecular formula is C23H19ClFN7O3. The molecule has 0 saturated heterocycles. The molecule has 0 bridgehead atoms. The monoisotopic (exact) mass is 495 g/mol. The van der Waals surface area contributed by atoms with E-state index in [2.05, 4.69) is 30.8 Å². The maximum atomic E-state index is 14.8. The van der Waals surface area contributed by atoms with Crippen LogP contribution in [0.15, 0.2) is 47.0 Å². The number of nitrogens with zero attached hydrogens (tertiary/aromatic N) is 5. The number of carbonyl (C=O) groups excluding carboxylic acids is 1. The van der Waals surface area contributed by atoms with E-state index in [0.29, 0.717) is 23.6 Å². The average molecular weight is 496 g/mol. The number of nitrogens with one attached hydrogen (secondary N) is 2. The lowest BCUT2D eigenvalue weighted by Crippen LogP contribution is -2.25. The molecule has 0 fully saturated rings. The summed E-state index contributed by atoms with van der Waals surface area (Å²) in [5.74, 6) is 0.377. The maximum Gasteiger partial charge on any atom is 0.414 e. The van der Waals surface area contributed by atoms with E-state index in [1.807, 2.05) is 12.1 Å². The molecule has 1 aliphatic heterocycles. The number of halogens is 2. The number of hydrogen-bond acceptors (Lipinski definition) is 9. The Balaban J connectivity index is 1.43. The van der Waals surface area contributed by atoms with Crippen LogP contribution in [0, 0.1) is 12.7 Å². The standard InChI is InChI=1S/C23H19ClFN7O3/c1-12-30-31-21(35-12)15-4-3-5-17(25)19(15)28-20-16(24)11-26-22(29-20)27-14-6-7-18-13(10-14)8-9-34-23(33)32(18)2/h3-7,10-11H,8-9H2,1-2H3,(H2,26,27,28,29). The molecule has 12 heteroatoms. The van der Waals surface area contributed by atoms with Crippen molar-refractivity contribution in [1.82, 2.24) is 20.2 Å². The number of fused-ring (bicyclic) bond motifs is 1. The fourth-order valence-electron chi connectivity index (χ4n) is 3.63. The summed E-state index contributed by atoms with van der Waals surface area (Å²) in [6.07, 6.45) is 1.57. The molecule has 5 rings (SSSR count). The molecule has 4 aromatic rings. The molecular weight excluding hydrogens is 477 g/mol. The molecule has 0 spiro atoms. The van der Waals surface area contributed by atoms with Crippen molar-refractivity contribution >= 4 is 46.5 Å². The van der Waals surface area contributed by atoms with Gasteiger partial charge in [-0.15, -0.1) is 10.2 Å². The molecule has 3 heterocycles. The predicted molar refractivity (Wildman–Crippen MR) is 128 cm³/mol. The van der Waals surface area contributed by atoms with E-state index in [-0.39, 0.29) is 35.0 Å². The second kappa shape index (κ2) is 9.18. The van der Waals surface area contributed by atoms with Crippen LogP contribution in [0.5, 0.6) is 0 Å². The summed E-state index contributed by atoms with van der Waals surface area (Å²) in [6, 6.07) is 9.99. The molecule has 0 radical (unpaired) electrons. The topological polar surface area (TPSA) is 118 Å². The summed E-state index contributed by atoms with van der Waals surface area (Å²) < 4.78 is 25.4. The highest BCUT2D eigenvalue weighted by atomic mass is 35.5. The molecule has 35 heavy (non-hydrogen) atoms. The maximum absolute atomic E-state index is 14.8. The number of rotatable bonds is 5. The minimum atomic E-state index is -0.547. The molecule has 2 aromatic carbocycles. The zero-order valence-corrected chi connectivity index (χ0v) is 19.4. The first-order valence-electron chi connectivity index (χ1n) is 10.6. The minimum Gasteiger partial charge on any atom is -0.449 e. The van der Waals surface area contributed by atoms with Crippen molar-refractivity contribution in [2.24, 2.45) is 0 Å². The number of hydrogen-bond donors (Lipinski definition) is 2. The third kappa shape index (κ3) is 4.58. The lowest BCUT2D eigenvalue weighted by atomic mass is 10.1. The molecule has 10 nitrogen and oxygen atoms in total. The second-order valence-corrected chi connectivity index (χ2v) is 8.10. The fraction of sp³-hybridized carbons (Fsp3) is 0.174. The van der Waals surface area contributed by atoms with Crippen LogP contribution in [-0.2, 0) is 11.2 Å². The van der Waals surface area contributed by atoms with E-state index in [4.69, 9.17) is 20.8 Å². The Hall–Kier alpha value is -4.25. The van der Waals surface area contributed by atoms with Crippen molar-refractivity contribution in [3.05, 3.63) is 64.9 Å². The van der Waals surface area contributed by atoms with Gasteiger partial charge in [-0.3, -0.25) is 4.90 Å². The number of aromatic nitrogens is 4. The third-order valence-electron chi connectivity index (χ3n) is 5.33. The van der Waals surface area contributed by atoms with E-state index in [0.717, 1.165) is 11.3 Å². The Bertz CT molecular complexity index is 1430. The Morgan fingerprint density at radius 3 is 2.83 bits per heavy atom. The van der Waals surface area contributed by atoms with Gasteiger partial charge in [0, 0.05) is 26.1 Å². The van der Waals surface area contributed by atoms with Gasteiger partial charge in [-0.1, -0.05) is 17.7 Å². The zero-order valence-electron chi connectivity index (χ0n) is 18.7. The van der Waals surface area contributed by atoms with Gasteiger partial charge in [-0.2, -0.15) is 4.98 Å². The van der Waals surface area contributed by atoms with Gasteiger partial charge in [-0.05, 0) is 35.9 Å². The van der Waals surface area contributed by atoms with Gasteiger partial charge in [0.25, 0.3) is 0 Å². The number of carbonyl (C=O) groups is 1. The van der Waals surface area contributed by atoms with Gasteiger partial charge in [-0.25, -0.2) is 14.2 Å². The lowest BCUT2D eigenvalue weighted by Gasteiger charge is -2.17. The molecule has 0 saturated carbocycles. The first-order valence-corrected chi connectivity index (χ1v) is 11.0. The highest BCUT2D eigenvalue weighted by molar-refractivity contribution is 6.33. The van der Waals surface area contributed by atoms with E-state index >= 15 is 0 Å². The highest BCUT2D eigenvalue weighted by Gasteiger charge is 2.21. The van der Waals surface area contributed by atoms with Crippen molar-refractivity contribution in [2.75, 3.05) is 29.2 Å². The first kappa shape index (κ1) is 22.5. The zero-order chi connectivity index (χ0) is 24.5. The Morgan fingerprint density at radius 2 is 2.03 bits per heavy atom. The van der Waals surface area contributed by atoms with Crippen LogP contribution in [0.3, 0.4) is 0 Å². The lowest BCUT2D eigenvalue weighted by molar-refractivity contribution is 0.159. The Morgan fingerprint density at radius 1 is 1.17 bits per heavy atom. The smallest absolute Gasteiger partial charge is 0.414 e. The first-order chi connectivity index (χ1) is 16.9. The molecule has 1 aliphatic rings. The van der Waals surface area contributed by atoms with Crippen LogP contribution in [0.25, 0.3) is 11.5 Å². The van der Waals surface area contributed by atoms with Crippen LogP contribution in [0.4, 0.5) is 38.0 Å². The van der Waals surface area contributed by atoms with Crippen LogP contribution in [0.1, 0.15) is 11.5 Å². The molecule has 0 atom stereocenters. The van der Waals surface area contributed by atoms with Crippen LogP contribution in [-0.4, -0.2) is 39.9 Å². The number of benzene rings is 2. The van der Waals surface area contributed by atoms with Crippen molar-refractivity contribution in [3.63, 3.8) is 0 Å². The van der Waals surface area contributed by atoms with E-state index < -0.39 is 11.9 Å². The molecule has 2 aromatic heterocycles. The number of amides is 1. The van der Waals surface area contributed by atoms with Crippen molar-refractivity contribution in [1.29, 1.82) is 0 Å². The van der Waals surface area contributed by atoms with Crippen molar-refractivity contribution < 1.29 is 18.3 Å². The van der Waals surface area contributed by atoms with Gasteiger partial charge in [0.05, 0.1) is 29.7 Å². The van der Waals surface area contributed by atoms with Crippen LogP contribution >= 0.6 is 11.6 Å². The van der Waals surface area contributed by atoms with Crippen molar-refractivity contribution in [3.8, 4) is 11.5 Å². The SMILES string of the molecule is Cc1nnc(-c2cccc(F)c2Nc2nc(Nc3ccc4c(c3)CCOC(=O)N4C)ncc2Cl)o1. The van der Waals surface area contributed by atoms with Crippen molar-refractivity contribution in [2.45, 2.75) is 13.3 Å². The fourth-order valence-corrected chi connectivity index (χ4v) is 3.77. The highest BCUT2D eigenvalue weighted by Crippen LogP contribution is 2.34. The van der Waals surface area contributed by atoms with Gasteiger partial charge in [0.2, 0.25) is 17.7 Å². The van der Waals surface area contributed by atoms with Crippen LogP contribution < -0.4 is 15.5 Å². The number of aryl methyl sites for hydroxylation is 1. The second-order valence-electron chi connectivity index (χ2n) is 7.70. The summed E-state index contributed by atoms with van der Waals surface area (Å²) >= 11 is 6.31. The average Bonchev–Trinajstić information content (AvgIpc) is 3.22. The van der Waals surface area contributed by atoms with E-state index in [1.54, 1.807) is 26.1 Å². The van der Waals surface area contributed by atoms with Gasteiger partial charge >= 0.3 is 6.09 Å². The quantitative estimate of drug-likeness (QED) is 0.383. The van der Waals surface area contributed by atoms with Crippen LogP contribution in [0.2, 0.25) is 5.02 Å². The predicted octanol–water partition coefficient (Wildman–Crippen LogP) is 5.24. The van der Waals surface area contributed by atoms with Gasteiger partial charge < -0.3 is 19.8 Å². The van der Waals surface area contributed by atoms with E-state index in [1.165, 1.54) is 23.2 Å². The Kier molecular flexibility index (Phi) is 5.91. The number of anilines is 5. The van der Waals surface area contributed by atoms with Gasteiger partial charge in [0.1, 0.15) is 10.8 Å². The minimum absolute atomic E-state index is 0.0837. The number of para-hydroxylation sites is 1. The molecule has 0 unspecified atom stereocenters. The summed E-state index contributed by atoms with van der Waals surface area (Å²) in [5, 5.41) is 14.0. The number of ether oxygens (including phenoxy) is 1.